The van der Waals surface area contributed by atoms with E-state index in [1.54, 1.807) is 42.2 Å². The van der Waals surface area contributed by atoms with Gasteiger partial charge in [-0.2, -0.15) is 9.57 Å². The van der Waals surface area contributed by atoms with Crippen LogP contribution in [0, 0.1) is 11.3 Å². The molecular formula is C18H18ClN3O4S2. The van der Waals surface area contributed by atoms with Crippen LogP contribution in [0.4, 0.5) is 0 Å². The van der Waals surface area contributed by atoms with E-state index in [4.69, 9.17) is 21.6 Å². The van der Waals surface area contributed by atoms with Gasteiger partial charge in [0.1, 0.15) is 16.0 Å². The van der Waals surface area contributed by atoms with Crippen LogP contribution in [0.5, 0.6) is 5.75 Å². The number of ether oxygens (including phenoxy) is 1. The fourth-order valence-electron chi connectivity index (χ4n) is 2.87. The fourth-order valence-corrected chi connectivity index (χ4v) is 5.93. The molecule has 7 nitrogen and oxygen atoms in total. The zero-order valence-corrected chi connectivity index (χ0v) is 17.4. The van der Waals surface area contributed by atoms with Crippen molar-refractivity contribution in [2.24, 2.45) is 0 Å². The fraction of sp³-hybridized carbons (Fsp3) is 0.333. The van der Waals surface area contributed by atoms with Crippen LogP contribution >= 0.6 is 22.9 Å². The van der Waals surface area contributed by atoms with Crippen molar-refractivity contribution in [1.82, 2.24) is 9.21 Å². The monoisotopic (exact) mass is 439 g/mol. The van der Waals surface area contributed by atoms with Gasteiger partial charge in [0.2, 0.25) is 0 Å². The minimum absolute atomic E-state index is 0.196. The maximum absolute atomic E-state index is 12.7. The highest BCUT2D eigenvalue weighted by Crippen LogP contribution is 2.28. The number of sulfonamides is 1. The van der Waals surface area contributed by atoms with Crippen molar-refractivity contribution in [3.63, 3.8) is 0 Å². The van der Waals surface area contributed by atoms with E-state index in [1.807, 2.05) is 6.07 Å². The van der Waals surface area contributed by atoms with E-state index >= 15 is 0 Å². The molecule has 2 heterocycles. The molecule has 148 valence electrons. The molecule has 1 aliphatic rings. The maximum atomic E-state index is 12.7. The molecule has 0 saturated carbocycles. The highest BCUT2D eigenvalue weighted by Gasteiger charge is 2.32. The number of amides is 1. The summed E-state index contributed by atoms with van der Waals surface area (Å²) in [5.74, 6) is 0.102. The molecule has 0 radical (unpaired) electrons. The van der Waals surface area contributed by atoms with Gasteiger partial charge in [0.25, 0.3) is 15.9 Å². The van der Waals surface area contributed by atoms with E-state index in [2.05, 4.69) is 0 Å². The SMILES string of the molecule is CC(Oc1ccccc1C#N)C(=O)N1CCN(S(=O)(=O)c2ccc(Cl)s2)CC1. The standard InChI is InChI=1S/C18H18ClN3O4S2/c1-13(26-15-5-3-2-4-14(15)12-20)18(23)21-8-10-22(11-9-21)28(24,25)17-7-6-16(19)27-17/h2-7,13H,8-11H2,1H3. The van der Waals surface area contributed by atoms with Gasteiger partial charge in [-0.05, 0) is 31.2 Å². The summed E-state index contributed by atoms with van der Waals surface area (Å²) in [5, 5.41) is 9.12. The number of carbonyl (C=O) groups excluding carboxylic acids is 1. The zero-order chi connectivity index (χ0) is 20.3. The average molecular weight is 440 g/mol. The largest absolute Gasteiger partial charge is 0.480 e. The Hall–Kier alpha value is -2.12. The predicted octanol–water partition coefficient (Wildman–Crippen LogP) is 2.57. The molecule has 1 aliphatic heterocycles. The third-order valence-corrected chi connectivity index (χ3v) is 7.95. The van der Waals surface area contributed by atoms with E-state index in [1.165, 1.54) is 10.4 Å². The smallest absolute Gasteiger partial charge is 0.263 e. The van der Waals surface area contributed by atoms with Crippen LogP contribution in [-0.4, -0.2) is 55.8 Å². The molecular weight excluding hydrogens is 422 g/mol. The number of piperazine rings is 1. The number of hydrogen-bond acceptors (Lipinski definition) is 6. The van der Waals surface area contributed by atoms with Crippen LogP contribution in [0.15, 0.2) is 40.6 Å². The first-order chi connectivity index (χ1) is 13.3. The van der Waals surface area contributed by atoms with Crippen molar-refractivity contribution in [3.8, 4) is 11.8 Å². The van der Waals surface area contributed by atoms with Crippen LogP contribution in [0.3, 0.4) is 0 Å². The lowest BCUT2D eigenvalue weighted by Crippen LogP contribution is -2.53. The van der Waals surface area contributed by atoms with Crippen molar-refractivity contribution in [2.75, 3.05) is 26.2 Å². The highest BCUT2D eigenvalue weighted by molar-refractivity contribution is 7.91. The molecule has 1 unspecified atom stereocenters. The Kier molecular flexibility index (Phi) is 6.25. The molecule has 1 aromatic carbocycles. The molecule has 2 aromatic rings. The minimum atomic E-state index is -3.61. The summed E-state index contributed by atoms with van der Waals surface area (Å²) in [6.07, 6.45) is -0.784. The van der Waals surface area contributed by atoms with Gasteiger partial charge in [0.05, 0.1) is 9.90 Å². The van der Waals surface area contributed by atoms with Gasteiger partial charge < -0.3 is 9.64 Å². The highest BCUT2D eigenvalue weighted by atomic mass is 35.5. The minimum Gasteiger partial charge on any atom is -0.480 e. The molecule has 1 amide bonds. The van der Waals surface area contributed by atoms with Gasteiger partial charge in [-0.25, -0.2) is 8.42 Å². The van der Waals surface area contributed by atoms with Crippen molar-refractivity contribution in [3.05, 3.63) is 46.3 Å². The molecule has 0 aliphatic carbocycles. The van der Waals surface area contributed by atoms with Gasteiger partial charge in [-0.1, -0.05) is 23.7 Å². The summed E-state index contributed by atoms with van der Waals surface area (Å²) < 4.78 is 32.9. The van der Waals surface area contributed by atoms with Gasteiger partial charge >= 0.3 is 0 Å². The van der Waals surface area contributed by atoms with Gasteiger partial charge in [-0.3, -0.25) is 4.79 Å². The van der Waals surface area contributed by atoms with Crippen LogP contribution in [0.1, 0.15) is 12.5 Å². The number of halogens is 1. The second kappa shape index (κ2) is 8.49. The first-order valence-corrected chi connectivity index (χ1v) is 11.2. The Morgan fingerprint density at radius 2 is 1.89 bits per heavy atom. The lowest BCUT2D eigenvalue weighted by molar-refractivity contribution is -0.139. The molecule has 1 saturated heterocycles. The third kappa shape index (κ3) is 4.31. The van der Waals surface area contributed by atoms with Crippen molar-refractivity contribution < 1.29 is 17.9 Å². The summed E-state index contributed by atoms with van der Waals surface area (Å²) in [7, 11) is -3.61. The molecule has 1 atom stereocenters. The van der Waals surface area contributed by atoms with Crippen molar-refractivity contribution >= 4 is 38.9 Å². The maximum Gasteiger partial charge on any atom is 0.263 e. The second-order valence-electron chi connectivity index (χ2n) is 6.16. The van der Waals surface area contributed by atoms with E-state index in [9.17, 15) is 13.2 Å². The molecule has 28 heavy (non-hydrogen) atoms. The predicted molar refractivity (Wildman–Crippen MR) is 106 cm³/mol. The Balaban J connectivity index is 1.61. The molecule has 1 fully saturated rings. The number of nitriles is 1. The molecule has 10 heteroatoms. The number of carbonyl (C=O) groups is 1. The van der Waals surface area contributed by atoms with Gasteiger partial charge in [0, 0.05) is 26.2 Å². The zero-order valence-electron chi connectivity index (χ0n) is 15.0. The molecule has 0 N–H and O–H groups in total. The van der Waals surface area contributed by atoms with Crippen molar-refractivity contribution in [1.29, 1.82) is 5.26 Å². The first-order valence-electron chi connectivity index (χ1n) is 8.53. The van der Waals surface area contributed by atoms with Crippen LogP contribution in [0.25, 0.3) is 0 Å². The first kappa shape index (κ1) is 20.6. The number of para-hydroxylation sites is 1. The Morgan fingerprint density at radius 1 is 1.21 bits per heavy atom. The lowest BCUT2D eigenvalue weighted by Gasteiger charge is -2.35. The molecule has 1 aromatic heterocycles. The number of hydrogen-bond donors (Lipinski definition) is 0. The van der Waals surface area contributed by atoms with E-state index in [0.717, 1.165) is 11.3 Å². The summed E-state index contributed by atoms with van der Waals surface area (Å²) >= 11 is 6.86. The van der Waals surface area contributed by atoms with Crippen LogP contribution in [-0.2, 0) is 14.8 Å². The Labute approximate surface area is 172 Å². The average Bonchev–Trinajstić information content (AvgIpc) is 3.15. The number of thiophene rings is 1. The summed E-state index contributed by atoms with van der Waals surface area (Å²) in [5.41, 5.74) is 0.354. The number of benzene rings is 1. The summed E-state index contributed by atoms with van der Waals surface area (Å²) in [6.45, 7) is 2.55. The summed E-state index contributed by atoms with van der Waals surface area (Å²) in [6, 6.07) is 11.8. The summed E-state index contributed by atoms with van der Waals surface area (Å²) in [4.78, 5) is 14.2. The second-order valence-corrected chi connectivity index (χ2v) is 10.0. The third-order valence-electron chi connectivity index (χ3n) is 4.35. The lowest BCUT2D eigenvalue weighted by atomic mass is 10.2. The van der Waals surface area contributed by atoms with Crippen molar-refractivity contribution in [2.45, 2.75) is 17.2 Å². The van der Waals surface area contributed by atoms with Gasteiger partial charge in [0.15, 0.2) is 6.10 Å². The Bertz CT molecular complexity index is 1010. The van der Waals surface area contributed by atoms with Crippen LogP contribution < -0.4 is 4.74 Å². The van der Waals surface area contributed by atoms with Gasteiger partial charge in [-0.15, -0.1) is 11.3 Å². The number of nitrogens with zero attached hydrogens (tertiary/aromatic N) is 3. The normalized spacial score (nSPS) is 16.4. The quantitative estimate of drug-likeness (QED) is 0.714. The molecule has 0 bridgehead atoms. The molecule has 3 rings (SSSR count). The molecule has 0 spiro atoms. The van der Waals surface area contributed by atoms with E-state index in [0.29, 0.717) is 15.6 Å². The number of rotatable bonds is 5. The van der Waals surface area contributed by atoms with E-state index in [-0.39, 0.29) is 36.3 Å². The Morgan fingerprint density at radius 3 is 2.50 bits per heavy atom. The van der Waals surface area contributed by atoms with E-state index < -0.39 is 16.1 Å². The topological polar surface area (TPSA) is 90.7 Å². The van der Waals surface area contributed by atoms with Crippen LogP contribution in [0.2, 0.25) is 4.34 Å².